The van der Waals surface area contributed by atoms with Crippen molar-refractivity contribution in [2.45, 2.75) is 58.3 Å². The SMILES string of the molecule is CCCCCCCc1ccc2c(c1)CCc1cc(C(=O)Oc3ccc(C#N)cc3)ccc1-2. The van der Waals surface area contributed by atoms with E-state index in [9.17, 15) is 4.79 Å². The maximum atomic E-state index is 12.6. The Morgan fingerprint density at radius 1 is 0.875 bits per heavy atom. The van der Waals surface area contributed by atoms with Gasteiger partial charge in [0.1, 0.15) is 5.75 Å². The predicted octanol–water partition coefficient (Wildman–Crippen LogP) is 7.06. The molecule has 0 aromatic heterocycles. The Bertz CT molecular complexity index is 1140. The van der Waals surface area contributed by atoms with E-state index >= 15 is 0 Å². The molecular formula is C29H29NO2. The number of hydrogen-bond donors (Lipinski definition) is 0. The van der Waals surface area contributed by atoms with Crippen LogP contribution in [0.15, 0.2) is 60.7 Å². The van der Waals surface area contributed by atoms with E-state index in [-0.39, 0.29) is 5.97 Å². The van der Waals surface area contributed by atoms with E-state index in [1.807, 2.05) is 18.2 Å². The number of carbonyl (C=O) groups is 1. The van der Waals surface area contributed by atoms with Crippen molar-refractivity contribution in [3.05, 3.63) is 88.5 Å². The normalized spacial score (nSPS) is 11.9. The lowest BCUT2D eigenvalue weighted by Gasteiger charge is -2.21. The van der Waals surface area contributed by atoms with Crippen molar-refractivity contribution in [2.75, 3.05) is 0 Å². The molecule has 0 heterocycles. The molecule has 3 nitrogen and oxygen atoms in total. The molecule has 0 unspecified atom stereocenters. The highest BCUT2D eigenvalue weighted by Gasteiger charge is 2.19. The number of esters is 1. The van der Waals surface area contributed by atoms with Gasteiger partial charge in [-0.3, -0.25) is 0 Å². The number of nitrogens with zero attached hydrogens (tertiary/aromatic N) is 1. The maximum Gasteiger partial charge on any atom is 0.343 e. The number of nitriles is 1. The summed E-state index contributed by atoms with van der Waals surface area (Å²) in [4.78, 5) is 12.6. The smallest absolute Gasteiger partial charge is 0.343 e. The molecule has 0 radical (unpaired) electrons. The van der Waals surface area contributed by atoms with E-state index in [1.165, 1.54) is 59.9 Å². The summed E-state index contributed by atoms with van der Waals surface area (Å²) in [5.41, 5.74) is 7.64. The summed E-state index contributed by atoms with van der Waals surface area (Å²) in [7, 11) is 0. The Balaban J connectivity index is 1.45. The van der Waals surface area contributed by atoms with Crippen molar-refractivity contribution in [2.24, 2.45) is 0 Å². The molecule has 3 heteroatoms. The molecule has 162 valence electrons. The molecule has 0 fully saturated rings. The molecule has 0 N–H and O–H groups in total. The van der Waals surface area contributed by atoms with Gasteiger partial charge in [-0.05, 0) is 89.9 Å². The third kappa shape index (κ3) is 5.08. The molecule has 3 aromatic carbocycles. The monoisotopic (exact) mass is 423 g/mol. The highest BCUT2D eigenvalue weighted by atomic mass is 16.5. The lowest BCUT2D eigenvalue weighted by Crippen LogP contribution is -2.11. The first kappa shape index (κ1) is 21.8. The molecule has 3 aromatic rings. The molecule has 1 aliphatic rings. The van der Waals surface area contributed by atoms with Crippen molar-refractivity contribution in [1.29, 1.82) is 5.26 Å². The van der Waals surface area contributed by atoms with Crippen LogP contribution in [-0.2, 0) is 19.3 Å². The van der Waals surface area contributed by atoms with Gasteiger partial charge in [-0.15, -0.1) is 0 Å². The van der Waals surface area contributed by atoms with Crippen LogP contribution in [0.4, 0.5) is 0 Å². The summed E-state index contributed by atoms with van der Waals surface area (Å²) in [6, 6.07) is 21.4. The highest BCUT2D eigenvalue weighted by molar-refractivity contribution is 5.92. The second-order valence-electron chi connectivity index (χ2n) is 8.55. The fraction of sp³-hybridized carbons (Fsp3) is 0.310. The van der Waals surface area contributed by atoms with Crippen LogP contribution in [0.5, 0.6) is 5.75 Å². The van der Waals surface area contributed by atoms with E-state index in [0.29, 0.717) is 16.9 Å². The molecule has 0 spiro atoms. The Kier molecular flexibility index (Phi) is 7.02. The van der Waals surface area contributed by atoms with Gasteiger partial charge in [0, 0.05) is 0 Å². The highest BCUT2D eigenvalue weighted by Crippen LogP contribution is 2.35. The van der Waals surface area contributed by atoms with Gasteiger partial charge in [0.2, 0.25) is 0 Å². The van der Waals surface area contributed by atoms with Crippen LogP contribution in [-0.4, -0.2) is 5.97 Å². The molecule has 0 bridgehead atoms. The van der Waals surface area contributed by atoms with Crippen molar-refractivity contribution >= 4 is 5.97 Å². The standard InChI is InChI=1S/C29H29NO2/c1-2-3-4-5-6-7-21-10-16-27-23(18-21)11-12-24-19-25(13-17-28(24)27)29(31)32-26-14-8-22(20-30)9-15-26/h8-10,13-19H,2-7,11-12H2,1H3. The Morgan fingerprint density at radius 3 is 2.28 bits per heavy atom. The number of hydrogen-bond acceptors (Lipinski definition) is 3. The molecule has 0 saturated heterocycles. The van der Waals surface area contributed by atoms with E-state index in [1.54, 1.807) is 24.3 Å². The molecule has 4 rings (SSSR count). The van der Waals surface area contributed by atoms with Crippen molar-refractivity contribution < 1.29 is 9.53 Å². The zero-order chi connectivity index (χ0) is 22.3. The van der Waals surface area contributed by atoms with E-state index in [2.05, 4.69) is 31.2 Å². The molecular weight excluding hydrogens is 394 g/mol. The number of unbranched alkanes of at least 4 members (excludes halogenated alkanes) is 4. The van der Waals surface area contributed by atoms with Gasteiger partial charge in [-0.1, -0.05) is 56.9 Å². The largest absolute Gasteiger partial charge is 0.423 e. The first-order valence-corrected chi connectivity index (χ1v) is 11.7. The fourth-order valence-electron chi connectivity index (χ4n) is 4.43. The number of aryl methyl sites for hydroxylation is 3. The third-order valence-electron chi connectivity index (χ3n) is 6.23. The minimum atomic E-state index is -0.373. The quantitative estimate of drug-likeness (QED) is 0.221. The number of benzene rings is 3. The number of fused-ring (bicyclic) bond motifs is 3. The molecule has 1 aliphatic carbocycles. The van der Waals surface area contributed by atoms with Gasteiger partial charge in [-0.2, -0.15) is 5.26 Å². The second-order valence-corrected chi connectivity index (χ2v) is 8.55. The van der Waals surface area contributed by atoms with E-state index in [4.69, 9.17) is 10.00 Å². The number of rotatable bonds is 8. The molecule has 0 aliphatic heterocycles. The first-order chi connectivity index (χ1) is 15.7. The number of ether oxygens (including phenoxy) is 1. The van der Waals surface area contributed by atoms with Crippen LogP contribution in [0.25, 0.3) is 11.1 Å². The van der Waals surface area contributed by atoms with Gasteiger partial charge in [-0.25, -0.2) is 4.79 Å². The Hall–Kier alpha value is -3.38. The summed E-state index contributed by atoms with van der Waals surface area (Å²) in [5, 5.41) is 8.89. The first-order valence-electron chi connectivity index (χ1n) is 11.7. The van der Waals surface area contributed by atoms with Crippen molar-refractivity contribution in [1.82, 2.24) is 0 Å². The average molecular weight is 424 g/mol. The maximum absolute atomic E-state index is 12.6. The summed E-state index contributed by atoms with van der Waals surface area (Å²) in [5.74, 6) is 0.0704. The second kappa shape index (κ2) is 10.3. The van der Waals surface area contributed by atoms with Crippen molar-refractivity contribution in [3.63, 3.8) is 0 Å². The summed E-state index contributed by atoms with van der Waals surface area (Å²) < 4.78 is 5.49. The lowest BCUT2D eigenvalue weighted by atomic mass is 9.83. The van der Waals surface area contributed by atoms with Crippen molar-refractivity contribution in [3.8, 4) is 22.9 Å². The third-order valence-corrected chi connectivity index (χ3v) is 6.23. The van der Waals surface area contributed by atoms with Gasteiger partial charge in [0.05, 0.1) is 17.2 Å². The average Bonchev–Trinajstić information content (AvgIpc) is 2.83. The van der Waals surface area contributed by atoms with Crippen LogP contribution in [0, 0.1) is 11.3 Å². The topological polar surface area (TPSA) is 50.1 Å². The van der Waals surface area contributed by atoms with Gasteiger partial charge in [0.25, 0.3) is 0 Å². The van der Waals surface area contributed by atoms with Crippen LogP contribution >= 0.6 is 0 Å². The zero-order valence-corrected chi connectivity index (χ0v) is 18.7. The lowest BCUT2D eigenvalue weighted by molar-refractivity contribution is 0.0734. The molecule has 32 heavy (non-hydrogen) atoms. The fourth-order valence-corrected chi connectivity index (χ4v) is 4.43. The molecule has 0 saturated carbocycles. The van der Waals surface area contributed by atoms with Crippen LogP contribution in [0.3, 0.4) is 0 Å². The Morgan fingerprint density at radius 2 is 1.56 bits per heavy atom. The predicted molar refractivity (Wildman–Crippen MR) is 128 cm³/mol. The molecule has 0 amide bonds. The van der Waals surface area contributed by atoms with E-state index in [0.717, 1.165) is 19.3 Å². The van der Waals surface area contributed by atoms with Gasteiger partial charge >= 0.3 is 5.97 Å². The van der Waals surface area contributed by atoms with Crippen LogP contribution in [0.2, 0.25) is 0 Å². The summed E-state index contributed by atoms with van der Waals surface area (Å²) >= 11 is 0. The minimum absolute atomic E-state index is 0.373. The van der Waals surface area contributed by atoms with Crippen LogP contribution in [0.1, 0.15) is 71.6 Å². The van der Waals surface area contributed by atoms with Crippen LogP contribution < -0.4 is 4.74 Å². The summed E-state index contributed by atoms with van der Waals surface area (Å²) in [6.07, 6.45) is 9.63. The summed E-state index contributed by atoms with van der Waals surface area (Å²) in [6.45, 7) is 2.25. The van der Waals surface area contributed by atoms with Gasteiger partial charge < -0.3 is 4.74 Å². The Labute approximate surface area is 190 Å². The zero-order valence-electron chi connectivity index (χ0n) is 18.7. The minimum Gasteiger partial charge on any atom is -0.423 e. The van der Waals surface area contributed by atoms with Gasteiger partial charge in [0.15, 0.2) is 0 Å². The molecule has 0 atom stereocenters. The number of carbonyl (C=O) groups excluding carboxylic acids is 1. The van der Waals surface area contributed by atoms with E-state index < -0.39 is 0 Å².